The number of aromatic hydroxyl groups is 1. The molecule has 78 valence electrons. The standard InChI is InChI=1S/C14H11NO/c1-15-13-6-2-4-11(9-13)8-12-5-3-7-14(16)10-12/h2-7,9-10,16H,8H2. The van der Waals surface area contributed by atoms with E-state index in [1.165, 1.54) is 0 Å². The second-order valence-corrected chi connectivity index (χ2v) is 3.63. The molecule has 2 nitrogen and oxygen atoms in total. The molecule has 0 aromatic heterocycles. The van der Waals surface area contributed by atoms with Gasteiger partial charge in [0.1, 0.15) is 5.75 Å². The summed E-state index contributed by atoms with van der Waals surface area (Å²) in [7, 11) is 0. The van der Waals surface area contributed by atoms with Gasteiger partial charge in [0.25, 0.3) is 0 Å². The third kappa shape index (κ3) is 2.40. The average Bonchev–Trinajstić information content (AvgIpc) is 2.29. The zero-order chi connectivity index (χ0) is 11.4. The van der Waals surface area contributed by atoms with Gasteiger partial charge in [0.2, 0.25) is 0 Å². The molecule has 0 amide bonds. The van der Waals surface area contributed by atoms with E-state index in [2.05, 4.69) is 4.85 Å². The van der Waals surface area contributed by atoms with Crippen molar-refractivity contribution >= 4 is 5.69 Å². The largest absolute Gasteiger partial charge is 0.508 e. The number of nitrogens with zero attached hydrogens (tertiary/aromatic N) is 1. The molecule has 1 N–H and O–H groups in total. The second kappa shape index (κ2) is 4.50. The Bertz CT molecular complexity index is 540. The highest BCUT2D eigenvalue weighted by Crippen LogP contribution is 2.18. The van der Waals surface area contributed by atoms with Crippen molar-refractivity contribution in [3.8, 4) is 5.75 Å². The Labute approximate surface area is 94.6 Å². The number of hydrogen-bond acceptors (Lipinski definition) is 1. The molecule has 0 bridgehead atoms. The predicted molar refractivity (Wildman–Crippen MR) is 63.6 cm³/mol. The van der Waals surface area contributed by atoms with E-state index >= 15 is 0 Å². The van der Waals surface area contributed by atoms with E-state index in [0.29, 0.717) is 5.69 Å². The molecule has 2 aromatic rings. The molecule has 0 unspecified atom stereocenters. The molecule has 0 heterocycles. The van der Waals surface area contributed by atoms with Gasteiger partial charge in [-0.25, -0.2) is 4.85 Å². The summed E-state index contributed by atoms with van der Waals surface area (Å²) in [4.78, 5) is 3.39. The number of phenols is 1. The zero-order valence-electron chi connectivity index (χ0n) is 8.72. The molecule has 2 heteroatoms. The van der Waals surface area contributed by atoms with Gasteiger partial charge in [0.15, 0.2) is 5.69 Å². The van der Waals surface area contributed by atoms with Crippen molar-refractivity contribution in [1.29, 1.82) is 0 Å². The smallest absolute Gasteiger partial charge is 0.187 e. The molecule has 0 saturated heterocycles. The van der Waals surface area contributed by atoms with E-state index < -0.39 is 0 Å². The molecule has 0 aliphatic carbocycles. The Hall–Kier alpha value is -2.27. The fourth-order valence-electron chi connectivity index (χ4n) is 1.64. The van der Waals surface area contributed by atoms with Gasteiger partial charge in [-0.15, -0.1) is 0 Å². The molecule has 0 aliphatic heterocycles. The Morgan fingerprint density at radius 3 is 2.38 bits per heavy atom. The Morgan fingerprint density at radius 1 is 1.00 bits per heavy atom. The van der Waals surface area contributed by atoms with Crippen molar-refractivity contribution in [3.05, 3.63) is 71.1 Å². The topological polar surface area (TPSA) is 24.6 Å². The lowest BCUT2D eigenvalue weighted by Gasteiger charge is -2.03. The first-order chi connectivity index (χ1) is 7.78. The van der Waals surface area contributed by atoms with Crippen molar-refractivity contribution < 1.29 is 5.11 Å². The van der Waals surface area contributed by atoms with Crippen LogP contribution in [0, 0.1) is 6.57 Å². The van der Waals surface area contributed by atoms with E-state index in [-0.39, 0.29) is 5.75 Å². The second-order valence-electron chi connectivity index (χ2n) is 3.63. The molecule has 2 rings (SSSR count). The molecule has 0 radical (unpaired) electrons. The minimum absolute atomic E-state index is 0.277. The molecule has 0 fully saturated rings. The summed E-state index contributed by atoms with van der Waals surface area (Å²) in [5.74, 6) is 0.277. The molecule has 2 aromatic carbocycles. The van der Waals surface area contributed by atoms with Crippen molar-refractivity contribution in [3.63, 3.8) is 0 Å². The minimum Gasteiger partial charge on any atom is -0.508 e. The lowest BCUT2D eigenvalue weighted by molar-refractivity contribution is 0.474. The van der Waals surface area contributed by atoms with Crippen LogP contribution in [0.15, 0.2) is 48.5 Å². The van der Waals surface area contributed by atoms with Gasteiger partial charge in [-0.3, -0.25) is 0 Å². The van der Waals surface area contributed by atoms with E-state index in [4.69, 9.17) is 6.57 Å². The SMILES string of the molecule is [C-]#[N+]c1cccc(Cc2cccc(O)c2)c1. The predicted octanol–water partition coefficient (Wildman–Crippen LogP) is 3.53. The third-order valence-electron chi connectivity index (χ3n) is 2.36. The Kier molecular flexibility index (Phi) is 2.88. The van der Waals surface area contributed by atoms with Crippen LogP contribution >= 0.6 is 0 Å². The maximum absolute atomic E-state index is 9.34. The van der Waals surface area contributed by atoms with Crippen molar-refractivity contribution in [2.24, 2.45) is 0 Å². The fraction of sp³-hybridized carbons (Fsp3) is 0.0714. The van der Waals surface area contributed by atoms with Crippen molar-refractivity contribution in [2.75, 3.05) is 0 Å². The van der Waals surface area contributed by atoms with Gasteiger partial charge in [-0.1, -0.05) is 42.0 Å². The Balaban J connectivity index is 2.24. The van der Waals surface area contributed by atoms with Gasteiger partial charge in [-0.05, 0) is 24.1 Å². The van der Waals surface area contributed by atoms with Gasteiger partial charge < -0.3 is 5.11 Å². The molecular weight excluding hydrogens is 198 g/mol. The summed E-state index contributed by atoms with van der Waals surface area (Å²) in [5.41, 5.74) is 2.78. The van der Waals surface area contributed by atoms with Crippen LogP contribution in [0.25, 0.3) is 4.85 Å². The van der Waals surface area contributed by atoms with Gasteiger partial charge in [-0.2, -0.15) is 0 Å². The van der Waals surface area contributed by atoms with Crippen LogP contribution in [0.3, 0.4) is 0 Å². The molecule has 0 aliphatic rings. The Morgan fingerprint density at radius 2 is 1.69 bits per heavy atom. The molecular formula is C14H11NO. The third-order valence-corrected chi connectivity index (χ3v) is 2.36. The molecule has 0 spiro atoms. The van der Waals surface area contributed by atoms with Gasteiger partial charge in [0, 0.05) is 0 Å². The number of benzene rings is 2. The van der Waals surface area contributed by atoms with Crippen LogP contribution in [0.5, 0.6) is 5.75 Å². The highest BCUT2D eigenvalue weighted by molar-refractivity contribution is 5.47. The van der Waals surface area contributed by atoms with Crippen LogP contribution in [0.4, 0.5) is 5.69 Å². The summed E-state index contributed by atoms with van der Waals surface area (Å²) >= 11 is 0. The van der Waals surface area contributed by atoms with Crippen LogP contribution in [-0.4, -0.2) is 5.11 Å². The summed E-state index contributed by atoms with van der Waals surface area (Å²) in [6.07, 6.45) is 0.734. The van der Waals surface area contributed by atoms with E-state index in [9.17, 15) is 5.11 Å². The highest BCUT2D eigenvalue weighted by atomic mass is 16.3. The molecule has 0 saturated carbocycles. The van der Waals surface area contributed by atoms with Crippen LogP contribution in [-0.2, 0) is 6.42 Å². The normalized spacial score (nSPS) is 9.69. The van der Waals surface area contributed by atoms with E-state index in [0.717, 1.165) is 17.5 Å². The summed E-state index contributed by atoms with van der Waals surface area (Å²) in [5, 5.41) is 9.34. The van der Waals surface area contributed by atoms with Gasteiger partial charge >= 0.3 is 0 Å². The first kappa shape index (κ1) is 10.3. The average molecular weight is 209 g/mol. The number of phenolic OH excluding ortho intramolecular Hbond substituents is 1. The van der Waals surface area contributed by atoms with Gasteiger partial charge in [0.05, 0.1) is 6.57 Å². The maximum atomic E-state index is 9.34. The summed E-state index contributed by atoms with van der Waals surface area (Å²) in [6, 6.07) is 14.7. The molecule has 16 heavy (non-hydrogen) atoms. The van der Waals surface area contributed by atoms with E-state index in [1.807, 2.05) is 30.3 Å². The van der Waals surface area contributed by atoms with Crippen LogP contribution in [0.2, 0.25) is 0 Å². The zero-order valence-corrected chi connectivity index (χ0v) is 8.72. The summed E-state index contributed by atoms with van der Waals surface area (Å²) in [6.45, 7) is 6.94. The highest BCUT2D eigenvalue weighted by Gasteiger charge is 1.98. The number of rotatable bonds is 2. The first-order valence-electron chi connectivity index (χ1n) is 5.02. The number of hydrogen-bond donors (Lipinski definition) is 1. The van der Waals surface area contributed by atoms with Crippen molar-refractivity contribution in [2.45, 2.75) is 6.42 Å². The van der Waals surface area contributed by atoms with Crippen LogP contribution in [0.1, 0.15) is 11.1 Å². The lowest BCUT2D eigenvalue weighted by atomic mass is 10.0. The van der Waals surface area contributed by atoms with E-state index in [1.54, 1.807) is 18.2 Å². The first-order valence-corrected chi connectivity index (χ1v) is 5.02. The quantitative estimate of drug-likeness (QED) is 0.752. The maximum Gasteiger partial charge on any atom is 0.187 e. The summed E-state index contributed by atoms with van der Waals surface area (Å²) < 4.78 is 0. The van der Waals surface area contributed by atoms with Crippen LogP contribution < -0.4 is 0 Å². The van der Waals surface area contributed by atoms with Crippen molar-refractivity contribution in [1.82, 2.24) is 0 Å². The molecule has 0 atom stereocenters. The lowest BCUT2D eigenvalue weighted by Crippen LogP contribution is -1.86. The minimum atomic E-state index is 0.277. The monoisotopic (exact) mass is 209 g/mol. The fourth-order valence-corrected chi connectivity index (χ4v) is 1.64.